The number of hydrogen-bond donors (Lipinski definition) is 1. The number of aromatic nitrogens is 2. The zero-order valence-corrected chi connectivity index (χ0v) is 20.7. The van der Waals surface area contributed by atoms with Crippen LogP contribution >= 0.6 is 11.6 Å². The lowest BCUT2D eigenvalue weighted by Gasteiger charge is -2.32. The number of benzene rings is 3. The van der Waals surface area contributed by atoms with Gasteiger partial charge in [-0.1, -0.05) is 62.2 Å². The minimum atomic E-state index is -0.418. The number of halogens is 1. The van der Waals surface area contributed by atoms with E-state index in [0.717, 1.165) is 18.5 Å². The Bertz CT molecular complexity index is 1350. The highest BCUT2D eigenvalue weighted by Crippen LogP contribution is 2.27. The number of hydrogen-bond acceptors (Lipinski definition) is 3. The van der Waals surface area contributed by atoms with Gasteiger partial charge in [0.2, 0.25) is 0 Å². The minimum absolute atomic E-state index is 0.176. The van der Waals surface area contributed by atoms with Gasteiger partial charge in [-0.25, -0.2) is 9.78 Å². The molecule has 1 aromatic heterocycles. The molecule has 1 atom stereocenters. The fraction of sp³-hybridized carbons (Fsp3) is 0.250. The second-order valence-corrected chi connectivity index (χ2v) is 8.81. The fourth-order valence-electron chi connectivity index (χ4n) is 4.20. The number of nitrogens with one attached hydrogen (secondary N) is 1. The van der Waals surface area contributed by atoms with Gasteiger partial charge >= 0.3 is 6.03 Å². The molecule has 180 valence electrons. The van der Waals surface area contributed by atoms with E-state index in [4.69, 9.17) is 16.6 Å². The Balaban J connectivity index is 1.87. The van der Waals surface area contributed by atoms with E-state index in [-0.39, 0.29) is 11.6 Å². The predicted octanol–water partition coefficient (Wildman–Crippen LogP) is 6.82. The average Bonchev–Trinajstić information content (AvgIpc) is 2.88. The normalized spacial score (nSPS) is 11.9. The van der Waals surface area contributed by atoms with Gasteiger partial charge in [0.05, 0.1) is 22.6 Å². The summed E-state index contributed by atoms with van der Waals surface area (Å²) in [6.45, 7) is 4.64. The second kappa shape index (κ2) is 11.2. The lowest BCUT2D eigenvalue weighted by molar-refractivity contribution is 0.180. The fourth-order valence-corrected chi connectivity index (χ4v) is 4.33. The summed E-state index contributed by atoms with van der Waals surface area (Å²) in [6.07, 6.45) is 2.35. The quantitative estimate of drug-likeness (QED) is 0.295. The van der Waals surface area contributed by atoms with Crippen molar-refractivity contribution in [3.05, 3.63) is 100 Å². The highest BCUT2D eigenvalue weighted by Gasteiger charge is 2.29. The minimum Gasteiger partial charge on any atom is -0.314 e. The molecule has 1 N–H and O–H groups in total. The van der Waals surface area contributed by atoms with Crippen LogP contribution in [0.2, 0.25) is 5.02 Å². The van der Waals surface area contributed by atoms with E-state index in [2.05, 4.69) is 12.2 Å². The molecular formula is C28H29ClN4O2. The molecule has 0 spiro atoms. The summed E-state index contributed by atoms with van der Waals surface area (Å²) in [6, 6.07) is 23.1. The largest absolute Gasteiger partial charge is 0.322 e. The molecule has 6 nitrogen and oxygen atoms in total. The first-order valence-electron chi connectivity index (χ1n) is 11.9. The third-order valence-corrected chi connectivity index (χ3v) is 6.24. The lowest BCUT2D eigenvalue weighted by atomic mass is 10.1. The first kappa shape index (κ1) is 24.5. The molecule has 0 saturated carbocycles. The molecule has 3 aromatic carbocycles. The molecular weight excluding hydrogens is 460 g/mol. The van der Waals surface area contributed by atoms with E-state index in [1.54, 1.807) is 39.8 Å². The number of para-hydroxylation sites is 2. The maximum atomic E-state index is 13.7. The first-order valence-corrected chi connectivity index (χ1v) is 12.3. The van der Waals surface area contributed by atoms with Gasteiger partial charge in [0, 0.05) is 17.3 Å². The number of carbonyl (C=O) groups excluding carboxylic acids is 1. The van der Waals surface area contributed by atoms with Gasteiger partial charge < -0.3 is 10.2 Å². The molecule has 0 bridgehead atoms. The number of anilines is 1. The van der Waals surface area contributed by atoms with Gasteiger partial charge in [0.1, 0.15) is 5.82 Å². The summed E-state index contributed by atoms with van der Waals surface area (Å²) < 4.78 is 1.61. The van der Waals surface area contributed by atoms with E-state index >= 15 is 0 Å². The van der Waals surface area contributed by atoms with Gasteiger partial charge in [-0.15, -0.1) is 0 Å². The van der Waals surface area contributed by atoms with E-state index < -0.39 is 6.04 Å². The molecule has 4 rings (SSSR count). The molecule has 2 amide bonds. The number of nitrogens with zero attached hydrogens (tertiary/aromatic N) is 3. The lowest BCUT2D eigenvalue weighted by Crippen LogP contribution is -2.41. The molecule has 1 unspecified atom stereocenters. The summed E-state index contributed by atoms with van der Waals surface area (Å²) in [5.74, 6) is 0.526. The molecule has 0 fully saturated rings. The predicted molar refractivity (Wildman–Crippen MR) is 142 cm³/mol. The Morgan fingerprint density at radius 1 is 1.00 bits per heavy atom. The van der Waals surface area contributed by atoms with Crippen LogP contribution in [-0.2, 0) is 0 Å². The zero-order chi connectivity index (χ0) is 24.8. The summed E-state index contributed by atoms with van der Waals surface area (Å²) in [5.41, 5.74) is 1.81. The third-order valence-electron chi connectivity index (χ3n) is 5.99. The van der Waals surface area contributed by atoms with Crippen LogP contribution in [0.1, 0.15) is 45.0 Å². The van der Waals surface area contributed by atoms with Crippen LogP contribution in [0.4, 0.5) is 10.5 Å². The molecule has 0 aliphatic heterocycles. The van der Waals surface area contributed by atoms with E-state index in [1.165, 1.54) is 0 Å². The van der Waals surface area contributed by atoms with Crippen LogP contribution in [0.15, 0.2) is 83.7 Å². The molecule has 4 aromatic rings. The van der Waals surface area contributed by atoms with Crippen molar-refractivity contribution in [1.29, 1.82) is 0 Å². The van der Waals surface area contributed by atoms with Crippen molar-refractivity contribution in [2.45, 2.75) is 39.2 Å². The van der Waals surface area contributed by atoms with Gasteiger partial charge in [0.25, 0.3) is 5.56 Å². The van der Waals surface area contributed by atoms with Crippen LogP contribution in [0.5, 0.6) is 0 Å². The molecule has 0 aliphatic carbocycles. The van der Waals surface area contributed by atoms with Crippen molar-refractivity contribution in [3.63, 3.8) is 0 Å². The Morgan fingerprint density at radius 3 is 2.37 bits per heavy atom. The topological polar surface area (TPSA) is 67.2 Å². The van der Waals surface area contributed by atoms with E-state index in [1.807, 2.05) is 55.5 Å². The SMILES string of the molecule is CCCCN(C(=O)Nc1ccccc1)C(CC)c1nc2ccccc2c(=O)n1-c1ccc(Cl)cc1. The van der Waals surface area contributed by atoms with Gasteiger partial charge in [-0.3, -0.25) is 9.36 Å². The number of amides is 2. The molecule has 0 aliphatic rings. The van der Waals surface area contributed by atoms with Crippen LogP contribution in [0.25, 0.3) is 16.6 Å². The number of rotatable bonds is 8. The van der Waals surface area contributed by atoms with Crippen LogP contribution < -0.4 is 10.9 Å². The number of unbranched alkanes of at least 4 members (excludes halogenated alkanes) is 1. The van der Waals surface area contributed by atoms with Crippen molar-refractivity contribution >= 4 is 34.2 Å². The van der Waals surface area contributed by atoms with Gasteiger partial charge in [0.15, 0.2) is 0 Å². The van der Waals surface area contributed by atoms with Crippen molar-refractivity contribution in [2.75, 3.05) is 11.9 Å². The van der Waals surface area contributed by atoms with Crippen molar-refractivity contribution in [3.8, 4) is 5.69 Å². The Morgan fingerprint density at radius 2 is 1.69 bits per heavy atom. The number of carbonyl (C=O) groups is 1. The smallest absolute Gasteiger partial charge is 0.314 e. The van der Waals surface area contributed by atoms with Crippen molar-refractivity contribution < 1.29 is 4.79 Å². The van der Waals surface area contributed by atoms with E-state index in [0.29, 0.717) is 40.4 Å². The highest BCUT2D eigenvalue weighted by molar-refractivity contribution is 6.30. The number of urea groups is 1. The maximum absolute atomic E-state index is 13.7. The molecule has 1 heterocycles. The van der Waals surface area contributed by atoms with Crippen LogP contribution in [0.3, 0.4) is 0 Å². The average molecular weight is 489 g/mol. The standard InChI is InChI=1S/C28H29ClN4O2/c1-3-5-19-32(28(35)30-21-11-7-6-8-12-21)25(4-2)26-31-24-14-10-9-13-23(24)27(34)33(26)22-17-15-20(29)16-18-22/h6-18,25H,3-5,19H2,1-2H3,(H,30,35). The zero-order valence-electron chi connectivity index (χ0n) is 19.9. The van der Waals surface area contributed by atoms with Crippen molar-refractivity contribution in [2.24, 2.45) is 0 Å². The Labute approximate surface area is 210 Å². The third kappa shape index (κ3) is 5.38. The summed E-state index contributed by atoms with van der Waals surface area (Å²) in [5, 5.41) is 4.11. The first-order chi connectivity index (χ1) is 17.0. The Hall–Kier alpha value is -3.64. The monoisotopic (exact) mass is 488 g/mol. The van der Waals surface area contributed by atoms with Gasteiger partial charge in [-0.2, -0.15) is 0 Å². The van der Waals surface area contributed by atoms with E-state index in [9.17, 15) is 9.59 Å². The Kier molecular flexibility index (Phi) is 7.83. The second-order valence-electron chi connectivity index (χ2n) is 8.37. The summed E-state index contributed by atoms with van der Waals surface area (Å²) in [4.78, 5) is 34.0. The summed E-state index contributed by atoms with van der Waals surface area (Å²) >= 11 is 6.13. The number of fused-ring (bicyclic) bond motifs is 1. The van der Waals surface area contributed by atoms with Crippen LogP contribution in [-0.4, -0.2) is 27.0 Å². The molecule has 35 heavy (non-hydrogen) atoms. The maximum Gasteiger partial charge on any atom is 0.322 e. The van der Waals surface area contributed by atoms with Gasteiger partial charge in [-0.05, 0) is 61.4 Å². The summed E-state index contributed by atoms with van der Waals surface area (Å²) in [7, 11) is 0. The van der Waals surface area contributed by atoms with Crippen LogP contribution in [0, 0.1) is 0 Å². The molecule has 7 heteroatoms. The molecule has 0 radical (unpaired) electrons. The van der Waals surface area contributed by atoms with Crippen molar-refractivity contribution in [1.82, 2.24) is 14.5 Å². The molecule has 0 saturated heterocycles. The highest BCUT2D eigenvalue weighted by atomic mass is 35.5.